The average Bonchev–Trinajstić information content (AvgIpc) is 3.53. The molecule has 166 valence electrons. The van der Waals surface area contributed by atoms with Gasteiger partial charge in [0.25, 0.3) is 0 Å². The van der Waals surface area contributed by atoms with Gasteiger partial charge in [0, 0.05) is 29.8 Å². The van der Waals surface area contributed by atoms with Crippen molar-refractivity contribution in [2.24, 2.45) is 0 Å². The number of pyridine rings is 1. The summed E-state index contributed by atoms with van der Waals surface area (Å²) >= 11 is 5.76. The Kier molecular flexibility index (Phi) is 5.41. The number of benzene rings is 1. The van der Waals surface area contributed by atoms with Gasteiger partial charge in [0.1, 0.15) is 0 Å². The first-order valence-corrected chi connectivity index (χ1v) is 11.2. The van der Waals surface area contributed by atoms with Crippen molar-refractivity contribution >= 4 is 17.3 Å². The Labute approximate surface area is 190 Å². The zero-order valence-corrected chi connectivity index (χ0v) is 18.1. The molecule has 32 heavy (non-hydrogen) atoms. The topological polar surface area (TPSA) is 33.1 Å². The molecule has 5 rings (SSSR count). The minimum atomic E-state index is -4.40. The summed E-state index contributed by atoms with van der Waals surface area (Å²) in [6, 6.07) is 15.0. The molecular weight excluding hydrogens is 433 g/mol. The van der Waals surface area contributed by atoms with Crippen LogP contribution in [0.2, 0.25) is 0 Å². The van der Waals surface area contributed by atoms with Crippen molar-refractivity contribution in [3.8, 4) is 5.69 Å². The standard InChI is InChI=1S/C24H23F3N4S/c25-24(26,27)16-7-5-10-18(15-16)30-14-6-12-20(30)22-21(19-11-3-4-13-28-19)29-23(32)31(22)17-8-1-2-9-17/h3-7,10-15,17,21-22H,1-2,8-9H2,(H,29,32)/t21-,22-/m1/s1. The summed E-state index contributed by atoms with van der Waals surface area (Å²) in [6.07, 6.45) is 3.58. The van der Waals surface area contributed by atoms with Gasteiger partial charge in [-0.2, -0.15) is 13.2 Å². The zero-order chi connectivity index (χ0) is 22.3. The molecule has 0 amide bonds. The molecule has 3 aromatic rings. The number of aromatic nitrogens is 2. The van der Waals surface area contributed by atoms with E-state index < -0.39 is 11.7 Å². The van der Waals surface area contributed by atoms with Gasteiger partial charge in [-0.05, 0) is 67.5 Å². The molecule has 0 radical (unpaired) electrons. The van der Waals surface area contributed by atoms with Crippen molar-refractivity contribution < 1.29 is 13.2 Å². The van der Waals surface area contributed by atoms with Gasteiger partial charge in [0.05, 0.1) is 23.3 Å². The molecule has 2 aromatic heterocycles. The Morgan fingerprint density at radius 1 is 1.00 bits per heavy atom. The second kappa shape index (κ2) is 8.24. The predicted octanol–water partition coefficient (Wildman–Crippen LogP) is 5.81. The van der Waals surface area contributed by atoms with Crippen molar-refractivity contribution in [1.82, 2.24) is 19.8 Å². The molecule has 1 aliphatic carbocycles. The van der Waals surface area contributed by atoms with Crippen LogP contribution < -0.4 is 5.32 Å². The normalized spacial score (nSPS) is 21.8. The fourth-order valence-electron chi connectivity index (χ4n) is 4.96. The third kappa shape index (κ3) is 3.77. The summed E-state index contributed by atoms with van der Waals surface area (Å²) < 4.78 is 41.9. The van der Waals surface area contributed by atoms with Gasteiger partial charge in [0.15, 0.2) is 5.11 Å². The van der Waals surface area contributed by atoms with Crippen molar-refractivity contribution in [3.05, 3.63) is 83.9 Å². The molecule has 0 spiro atoms. The average molecular weight is 457 g/mol. The highest BCUT2D eigenvalue weighted by atomic mass is 32.1. The van der Waals surface area contributed by atoms with Gasteiger partial charge in [0.2, 0.25) is 0 Å². The largest absolute Gasteiger partial charge is 0.416 e. The summed E-state index contributed by atoms with van der Waals surface area (Å²) in [5, 5.41) is 4.13. The molecule has 8 heteroatoms. The molecule has 3 heterocycles. The molecular formula is C24H23F3N4S. The first kappa shape index (κ1) is 21.0. The van der Waals surface area contributed by atoms with Crippen molar-refractivity contribution in [3.63, 3.8) is 0 Å². The van der Waals surface area contributed by atoms with E-state index in [1.807, 2.05) is 41.1 Å². The van der Waals surface area contributed by atoms with Crippen LogP contribution in [0.4, 0.5) is 13.2 Å². The first-order valence-electron chi connectivity index (χ1n) is 10.8. The van der Waals surface area contributed by atoms with E-state index >= 15 is 0 Å². The Bertz CT molecular complexity index is 1110. The van der Waals surface area contributed by atoms with Crippen LogP contribution in [-0.4, -0.2) is 25.6 Å². The summed E-state index contributed by atoms with van der Waals surface area (Å²) in [6.45, 7) is 0. The van der Waals surface area contributed by atoms with E-state index in [2.05, 4.69) is 15.2 Å². The number of nitrogens with zero attached hydrogens (tertiary/aromatic N) is 3. The molecule has 1 N–H and O–H groups in total. The highest BCUT2D eigenvalue weighted by molar-refractivity contribution is 7.80. The quantitative estimate of drug-likeness (QED) is 0.503. The highest BCUT2D eigenvalue weighted by Crippen LogP contribution is 2.43. The first-order chi connectivity index (χ1) is 15.4. The van der Waals surface area contributed by atoms with Crippen LogP contribution in [-0.2, 0) is 6.18 Å². The fraction of sp³-hybridized carbons (Fsp3) is 0.333. The fourth-order valence-corrected chi connectivity index (χ4v) is 5.35. The minimum absolute atomic E-state index is 0.176. The van der Waals surface area contributed by atoms with E-state index in [0.29, 0.717) is 16.8 Å². The number of halogens is 3. The number of alkyl halides is 3. The van der Waals surface area contributed by atoms with E-state index in [1.165, 1.54) is 12.1 Å². The number of rotatable bonds is 4. The minimum Gasteiger partial charge on any atom is -0.352 e. The predicted molar refractivity (Wildman–Crippen MR) is 120 cm³/mol. The number of hydrogen-bond donors (Lipinski definition) is 1. The maximum absolute atomic E-state index is 13.4. The van der Waals surface area contributed by atoms with Gasteiger partial charge in [-0.25, -0.2) is 0 Å². The number of nitrogens with one attached hydrogen (secondary N) is 1. The van der Waals surface area contributed by atoms with Crippen LogP contribution in [0, 0.1) is 0 Å². The van der Waals surface area contributed by atoms with E-state index in [9.17, 15) is 13.2 Å². The Balaban J connectivity index is 1.61. The lowest BCUT2D eigenvalue weighted by molar-refractivity contribution is -0.137. The number of thiocarbonyl (C=S) groups is 1. The molecule has 1 aromatic carbocycles. The lowest BCUT2D eigenvalue weighted by Gasteiger charge is -2.33. The summed E-state index contributed by atoms with van der Waals surface area (Å²) in [5.74, 6) is 0. The van der Waals surface area contributed by atoms with Gasteiger partial charge < -0.3 is 14.8 Å². The third-order valence-electron chi connectivity index (χ3n) is 6.39. The molecule has 1 aliphatic heterocycles. The molecule has 1 saturated heterocycles. The second-order valence-corrected chi connectivity index (χ2v) is 8.71. The van der Waals surface area contributed by atoms with Gasteiger partial charge >= 0.3 is 6.18 Å². The monoisotopic (exact) mass is 456 g/mol. The third-order valence-corrected chi connectivity index (χ3v) is 6.72. The lowest BCUT2D eigenvalue weighted by atomic mass is 9.99. The van der Waals surface area contributed by atoms with E-state index in [0.717, 1.165) is 43.1 Å². The van der Waals surface area contributed by atoms with Crippen molar-refractivity contribution in [2.75, 3.05) is 0 Å². The van der Waals surface area contributed by atoms with Crippen LogP contribution in [0.1, 0.15) is 54.7 Å². The van der Waals surface area contributed by atoms with Crippen molar-refractivity contribution in [1.29, 1.82) is 0 Å². The Morgan fingerprint density at radius 2 is 1.81 bits per heavy atom. The molecule has 2 atom stereocenters. The van der Waals surface area contributed by atoms with Crippen LogP contribution in [0.5, 0.6) is 0 Å². The Morgan fingerprint density at radius 3 is 2.53 bits per heavy atom. The van der Waals surface area contributed by atoms with E-state index in [1.54, 1.807) is 12.3 Å². The smallest absolute Gasteiger partial charge is 0.352 e. The van der Waals surface area contributed by atoms with Gasteiger partial charge in [-0.1, -0.05) is 25.0 Å². The van der Waals surface area contributed by atoms with E-state index in [-0.39, 0.29) is 12.1 Å². The summed E-state index contributed by atoms with van der Waals surface area (Å²) in [4.78, 5) is 6.81. The SMILES string of the molecule is FC(F)(F)c1cccc(-n2cccc2[C@@H]2[C@@H](c3ccccn3)NC(=S)N2C2CCCC2)c1. The molecule has 2 fully saturated rings. The second-order valence-electron chi connectivity index (χ2n) is 8.32. The summed E-state index contributed by atoms with van der Waals surface area (Å²) in [7, 11) is 0. The zero-order valence-electron chi connectivity index (χ0n) is 17.3. The Hall–Kier alpha value is -2.87. The van der Waals surface area contributed by atoms with Crippen LogP contribution in [0.3, 0.4) is 0 Å². The number of hydrogen-bond acceptors (Lipinski definition) is 2. The molecule has 0 bridgehead atoms. The highest BCUT2D eigenvalue weighted by Gasteiger charge is 2.44. The molecule has 2 aliphatic rings. The maximum atomic E-state index is 13.4. The van der Waals surface area contributed by atoms with Crippen LogP contribution >= 0.6 is 12.2 Å². The van der Waals surface area contributed by atoms with Crippen molar-refractivity contribution in [2.45, 2.75) is 50.0 Å². The van der Waals surface area contributed by atoms with Crippen LogP contribution in [0.15, 0.2) is 67.0 Å². The van der Waals surface area contributed by atoms with Crippen LogP contribution in [0.25, 0.3) is 5.69 Å². The molecule has 4 nitrogen and oxygen atoms in total. The lowest BCUT2D eigenvalue weighted by Crippen LogP contribution is -2.38. The van der Waals surface area contributed by atoms with Gasteiger partial charge in [-0.3, -0.25) is 4.98 Å². The molecule has 1 saturated carbocycles. The summed E-state index contributed by atoms with van der Waals surface area (Å²) in [5.41, 5.74) is 1.56. The molecule has 0 unspecified atom stereocenters. The van der Waals surface area contributed by atoms with E-state index in [4.69, 9.17) is 12.2 Å². The van der Waals surface area contributed by atoms with Gasteiger partial charge in [-0.15, -0.1) is 0 Å². The maximum Gasteiger partial charge on any atom is 0.416 e.